The lowest BCUT2D eigenvalue weighted by Gasteiger charge is -2.32. The lowest BCUT2D eigenvalue weighted by molar-refractivity contribution is -0.129. The maximum Gasteiger partial charge on any atom is 0.245 e. The first-order valence-electron chi connectivity index (χ1n) is 12.5. The highest BCUT2D eigenvalue weighted by Gasteiger charge is 2.30. The van der Waals surface area contributed by atoms with Crippen molar-refractivity contribution in [3.8, 4) is 11.4 Å². The number of halogens is 1. The van der Waals surface area contributed by atoms with Gasteiger partial charge in [-0.05, 0) is 36.4 Å². The fraction of sp³-hybridized carbons (Fsp3) is 0.385. The maximum absolute atomic E-state index is 13.1. The van der Waals surface area contributed by atoms with E-state index in [2.05, 4.69) is 36.1 Å². The van der Waals surface area contributed by atoms with E-state index < -0.39 is 6.04 Å². The van der Waals surface area contributed by atoms with E-state index in [-0.39, 0.29) is 11.8 Å². The molecule has 3 heterocycles. The van der Waals surface area contributed by atoms with Gasteiger partial charge in [0.05, 0.1) is 19.5 Å². The molecule has 4 rings (SSSR count). The van der Waals surface area contributed by atoms with Crippen LogP contribution in [0.5, 0.6) is 0 Å². The number of hydrogen-bond acceptors (Lipinski definition) is 9. The van der Waals surface area contributed by atoms with Gasteiger partial charge in [0.15, 0.2) is 5.82 Å². The van der Waals surface area contributed by atoms with Gasteiger partial charge >= 0.3 is 0 Å². The summed E-state index contributed by atoms with van der Waals surface area (Å²) in [6.45, 7) is 5.74. The number of carbonyl (C=O) groups is 2. The highest BCUT2D eigenvalue weighted by molar-refractivity contribution is 6.30. The number of ether oxygens (including phenoxy) is 1. The van der Waals surface area contributed by atoms with Crippen LogP contribution in [-0.2, 0) is 14.3 Å². The monoisotopic (exact) mass is 541 g/mol. The molecule has 0 radical (unpaired) electrons. The lowest BCUT2D eigenvalue weighted by atomic mass is 10.1. The van der Waals surface area contributed by atoms with Gasteiger partial charge in [0.1, 0.15) is 23.4 Å². The fourth-order valence-corrected chi connectivity index (χ4v) is 4.14. The predicted molar refractivity (Wildman–Crippen MR) is 145 cm³/mol. The number of nitrogens with zero attached hydrogens (tertiary/aromatic N) is 3. The van der Waals surface area contributed by atoms with Crippen molar-refractivity contribution < 1.29 is 18.7 Å². The highest BCUT2D eigenvalue weighted by Crippen LogP contribution is 2.23. The molecule has 2 amide bonds. The summed E-state index contributed by atoms with van der Waals surface area (Å²) in [6.07, 6.45) is 1.58. The summed E-state index contributed by atoms with van der Waals surface area (Å²) >= 11 is 6.04. The molecule has 1 aliphatic rings. The number of morpholine rings is 1. The topological polar surface area (TPSA) is 134 Å². The Bertz CT molecular complexity index is 1180. The van der Waals surface area contributed by atoms with Gasteiger partial charge in [-0.3, -0.25) is 14.5 Å². The average molecular weight is 542 g/mol. The first kappa shape index (κ1) is 27.4. The number of anilines is 2. The van der Waals surface area contributed by atoms with Crippen LogP contribution in [0.15, 0.2) is 53.1 Å². The van der Waals surface area contributed by atoms with E-state index in [4.69, 9.17) is 20.8 Å². The Labute approximate surface area is 226 Å². The number of nitrogens with one attached hydrogen (secondary N) is 4. The van der Waals surface area contributed by atoms with Gasteiger partial charge in [0.25, 0.3) is 0 Å². The molecule has 1 unspecified atom stereocenters. The molecule has 0 aliphatic carbocycles. The molecule has 2 aromatic heterocycles. The van der Waals surface area contributed by atoms with E-state index in [0.717, 1.165) is 5.56 Å². The molecule has 0 saturated carbocycles. The molecule has 0 spiro atoms. The maximum atomic E-state index is 13.1. The van der Waals surface area contributed by atoms with Gasteiger partial charge in [0, 0.05) is 62.8 Å². The minimum atomic E-state index is -0.510. The van der Waals surface area contributed by atoms with Crippen molar-refractivity contribution in [1.29, 1.82) is 0 Å². The molecule has 1 aliphatic heterocycles. The SMILES string of the molecule is CC(=O)NCCNc1cc(NCCNC(=O)C(c2ccco2)N2CCOCC2)nc(-c2ccc(Cl)cc2)n1. The highest BCUT2D eigenvalue weighted by atomic mass is 35.5. The van der Waals surface area contributed by atoms with Crippen molar-refractivity contribution >= 4 is 35.1 Å². The Morgan fingerprint density at radius 2 is 1.63 bits per heavy atom. The summed E-state index contributed by atoms with van der Waals surface area (Å²) in [5, 5.41) is 12.8. The van der Waals surface area contributed by atoms with Crippen LogP contribution in [-0.4, -0.2) is 79.2 Å². The van der Waals surface area contributed by atoms with Crippen LogP contribution in [0.25, 0.3) is 11.4 Å². The van der Waals surface area contributed by atoms with Gasteiger partial charge < -0.3 is 30.4 Å². The summed E-state index contributed by atoms with van der Waals surface area (Å²) in [7, 11) is 0. The van der Waals surface area contributed by atoms with Gasteiger partial charge in [-0.25, -0.2) is 9.97 Å². The molecule has 1 saturated heterocycles. The molecule has 3 aromatic rings. The summed E-state index contributed by atoms with van der Waals surface area (Å²) in [6, 6.07) is 12.1. The summed E-state index contributed by atoms with van der Waals surface area (Å²) in [5.74, 6) is 2.10. The van der Waals surface area contributed by atoms with Gasteiger partial charge in [-0.2, -0.15) is 0 Å². The minimum Gasteiger partial charge on any atom is -0.467 e. The van der Waals surface area contributed by atoms with E-state index in [1.54, 1.807) is 30.5 Å². The molecule has 1 atom stereocenters. The molecule has 11 nitrogen and oxygen atoms in total. The average Bonchev–Trinajstić information content (AvgIpc) is 3.44. The third-order valence-corrected chi connectivity index (χ3v) is 6.09. The first-order valence-corrected chi connectivity index (χ1v) is 12.9. The van der Waals surface area contributed by atoms with Crippen molar-refractivity contribution in [2.75, 3.05) is 63.1 Å². The van der Waals surface area contributed by atoms with E-state index in [0.29, 0.717) is 80.7 Å². The molecule has 1 fully saturated rings. The standard InChI is InChI=1S/C26H32ClN7O4/c1-18(35)28-8-9-29-22-17-23(33-25(32-22)19-4-6-20(27)7-5-19)30-10-11-31-26(36)24(21-3-2-14-38-21)34-12-15-37-16-13-34/h2-7,14,17,24H,8-13,15-16H2,1H3,(H,28,35)(H,31,36)(H2,29,30,32,33). The van der Waals surface area contributed by atoms with Crippen LogP contribution in [0.3, 0.4) is 0 Å². The zero-order valence-corrected chi connectivity index (χ0v) is 22.0. The Hall–Kier alpha value is -3.67. The van der Waals surface area contributed by atoms with Gasteiger partial charge in [0.2, 0.25) is 11.8 Å². The zero-order valence-electron chi connectivity index (χ0n) is 21.2. The third kappa shape index (κ3) is 7.91. The zero-order chi connectivity index (χ0) is 26.7. The second-order valence-corrected chi connectivity index (χ2v) is 9.10. The van der Waals surface area contributed by atoms with Crippen molar-refractivity contribution in [1.82, 2.24) is 25.5 Å². The first-order chi connectivity index (χ1) is 18.5. The van der Waals surface area contributed by atoms with Crippen molar-refractivity contribution in [2.24, 2.45) is 0 Å². The number of carbonyl (C=O) groups excluding carboxylic acids is 2. The number of rotatable bonds is 12. The number of amides is 2. The van der Waals surface area contributed by atoms with Crippen LogP contribution in [0.1, 0.15) is 18.7 Å². The Balaban J connectivity index is 1.38. The molecule has 4 N–H and O–H groups in total. The van der Waals surface area contributed by atoms with E-state index in [9.17, 15) is 9.59 Å². The summed E-state index contributed by atoms with van der Waals surface area (Å²) < 4.78 is 11.0. The molecular weight excluding hydrogens is 510 g/mol. The van der Waals surface area contributed by atoms with Crippen molar-refractivity contribution in [3.05, 3.63) is 59.5 Å². The number of aromatic nitrogens is 2. The third-order valence-electron chi connectivity index (χ3n) is 5.84. The number of benzene rings is 1. The van der Waals surface area contributed by atoms with E-state index in [1.807, 2.05) is 18.2 Å². The molecule has 0 bridgehead atoms. The lowest BCUT2D eigenvalue weighted by Crippen LogP contribution is -2.46. The summed E-state index contributed by atoms with van der Waals surface area (Å²) in [5.41, 5.74) is 0.808. The number of hydrogen-bond donors (Lipinski definition) is 4. The molecule has 38 heavy (non-hydrogen) atoms. The summed E-state index contributed by atoms with van der Waals surface area (Å²) in [4.78, 5) is 35.5. The largest absolute Gasteiger partial charge is 0.467 e. The van der Waals surface area contributed by atoms with Gasteiger partial charge in [-0.1, -0.05) is 11.6 Å². The smallest absolute Gasteiger partial charge is 0.245 e. The fourth-order valence-electron chi connectivity index (χ4n) is 4.02. The normalized spacial score (nSPS) is 14.5. The quantitative estimate of drug-likeness (QED) is 0.255. The predicted octanol–water partition coefficient (Wildman–Crippen LogP) is 2.54. The van der Waals surface area contributed by atoms with E-state index in [1.165, 1.54) is 6.92 Å². The van der Waals surface area contributed by atoms with Crippen LogP contribution < -0.4 is 21.3 Å². The van der Waals surface area contributed by atoms with Crippen LogP contribution in [0, 0.1) is 0 Å². The minimum absolute atomic E-state index is 0.0938. The molecule has 202 valence electrons. The molecular formula is C26H32ClN7O4. The molecule has 12 heteroatoms. The van der Waals surface area contributed by atoms with Crippen molar-refractivity contribution in [2.45, 2.75) is 13.0 Å². The Kier molecular flexibility index (Phi) is 9.90. The number of furan rings is 1. The van der Waals surface area contributed by atoms with Crippen LogP contribution in [0.4, 0.5) is 11.6 Å². The second kappa shape index (κ2) is 13.8. The Morgan fingerprint density at radius 1 is 0.974 bits per heavy atom. The van der Waals surface area contributed by atoms with Crippen LogP contribution in [0.2, 0.25) is 5.02 Å². The second-order valence-electron chi connectivity index (χ2n) is 8.66. The molecule has 1 aromatic carbocycles. The van der Waals surface area contributed by atoms with E-state index >= 15 is 0 Å². The Morgan fingerprint density at radius 3 is 2.24 bits per heavy atom. The van der Waals surface area contributed by atoms with Crippen molar-refractivity contribution in [3.63, 3.8) is 0 Å². The van der Waals surface area contributed by atoms with Gasteiger partial charge in [-0.15, -0.1) is 0 Å². The van der Waals surface area contributed by atoms with Crippen LogP contribution >= 0.6 is 11.6 Å².